The van der Waals surface area contributed by atoms with E-state index in [1.54, 1.807) is 0 Å². The SMILES string of the molecule is O=S(=O)(F)c1cc(Cl)nnc1Cl. The van der Waals surface area contributed by atoms with Crippen LogP contribution in [0.25, 0.3) is 0 Å². The van der Waals surface area contributed by atoms with Gasteiger partial charge in [0.15, 0.2) is 10.3 Å². The van der Waals surface area contributed by atoms with Crippen molar-refractivity contribution >= 4 is 33.4 Å². The molecule has 0 aliphatic carbocycles. The zero-order valence-corrected chi connectivity index (χ0v) is 7.66. The molecule has 8 heteroatoms. The first kappa shape index (κ1) is 9.63. The van der Waals surface area contributed by atoms with Gasteiger partial charge >= 0.3 is 10.2 Å². The Morgan fingerprint density at radius 3 is 2.33 bits per heavy atom. The Bertz CT molecular complexity index is 408. The van der Waals surface area contributed by atoms with Crippen molar-refractivity contribution in [2.24, 2.45) is 0 Å². The van der Waals surface area contributed by atoms with Gasteiger partial charge in [0.2, 0.25) is 0 Å². The van der Waals surface area contributed by atoms with Crippen molar-refractivity contribution < 1.29 is 12.3 Å². The lowest BCUT2D eigenvalue weighted by Gasteiger charge is -1.95. The fourth-order valence-electron chi connectivity index (χ4n) is 0.509. The molecule has 4 nitrogen and oxygen atoms in total. The minimum atomic E-state index is -4.87. The van der Waals surface area contributed by atoms with Crippen molar-refractivity contribution in [3.8, 4) is 0 Å². The van der Waals surface area contributed by atoms with Gasteiger partial charge in [-0.15, -0.1) is 14.1 Å². The van der Waals surface area contributed by atoms with Crippen LogP contribution < -0.4 is 0 Å². The summed E-state index contributed by atoms with van der Waals surface area (Å²) in [6.07, 6.45) is 0. The number of rotatable bonds is 1. The van der Waals surface area contributed by atoms with Crippen LogP contribution in [0.15, 0.2) is 11.0 Å². The highest BCUT2D eigenvalue weighted by Gasteiger charge is 2.18. The molecule has 1 rings (SSSR count). The van der Waals surface area contributed by atoms with Gasteiger partial charge < -0.3 is 0 Å². The van der Waals surface area contributed by atoms with Crippen LogP contribution in [0.4, 0.5) is 3.89 Å². The fraction of sp³-hybridized carbons (Fsp3) is 0. The minimum Gasteiger partial charge on any atom is -0.189 e. The Balaban J connectivity index is 3.43. The van der Waals surface area contributed by atoms with Gasteiger partial charge in [0.05, 0.1) is 0 Å². The second-order valence-corrected chi connectivity index (χ2v) is 3.82. The summed E-state index contributed by atoms with van der Waals surface area (Å²) >= 11 is 10.5. The van der Waals surface area contributed by atoms with E-state index in [-0.39, 0.29) is 5.15 Å². The van der Waals surface area contributed by atoms with Gasteiger partial charge in [-0.1, -0.05) is 23.2 Å². The largest absolute Gasteiger partial charge is 0.335 e. The van der Waals surface area contributed by atoms with E-state index in [1.165, 1.54) is 0 Å². The van der Waals surface area contributed by atoms with Crippen LogP contribution in [0.5, 0.6) is 0 Å². The van der Waals surface area contributed by atoms with Gasteiger partial charge in [0.1, 0.15) is 4.90 Å². The van der Waals surface area contributed by atoms with E-state index >= 15 is 0 Å². The molecule has 0 aromatic carbocycles. The molecule has 12 heavy (non-hydrogen) atoms. The van der Waals surface area contributed by atoms with Crippen LogP contribution in [-0.2, 0) is 10.2 Å². The van der Waals surface area contributed by atoms with Crippen LogP contribution in [0, 0.1) is 0 Å². The van der Waals surface area contributed by atoms with E-state index in [0.29, 0.717) is 0 Å². The first-order valence-electron chi connectivity index (χ1n) is 2.54. The third-order valence-electron chi connectivity index (χ3n) is 0.950. The highest BCUT2D eigenvalue weighted by Crippen LogP contribution is 2.21. The summed E-state index contributed by atoms with van der Waals surface area (Å²) in [5.41, 5.74) is 0. The Morgan fingerprint density at radius 2 is 1.92 bits per heavy atom. The lowest BCUT2D eigenvalue weighted by molar-refractivity contribution is 0.551. The molecule has 1 heterocycles. The Morgan fingerprint density at radius 1 is 1.33 bits per heavy atom. The molecule has 0 unspecified atom stereocenters. The van der Waals surface area contributed by atoms with Crippen LogP contribution >= 0.6 is 23.2 Å². The van der Waals surface area contributed by atoms with Crippen molar-refractivity contribution in [3.05, 3.63) is 16.4 Å². The van der Waals surface area contributed by atoms with Crippen molar-refractivity contribution in [3.63, 3.8) is 0 Å². The van der Waals surface area contributed by atoms with E-state index in [0.717, 1.165) is 6.07 Å². The maximum atomic E-state index is 12.3. The molecule has 0 radical (unpaired) electrons. The molecular weight excluding hydrogens is 230 g/mol. The molecule has 1 aromatic heterocycles. The molecule has 0 bridgehead atoms. The highest BCUT2D eigenvalue weighted by molar-refractivity contribution is 7.86. The molecular formula is C4HCl2FN2O2S. The fourth-order valence-corrected chi connectivity index (χ4v) is 1.58. The van der Waals surface area contributed by atoms with Crippen molar-refractivity contribution in [1.29, 1.82) is 0 Å². The Labute approximate surface area is 77.5 Å². The van der Waals surface area contributed by atoms with Crippen LogP contribution in [-0.4, -0.2) is 18.6 Å². The van der Waals surface area contributed by atoms with Crippen LogP contribution in [0.2, 0.25) is 10.3 Å². The van der Waals surface area contributed by atoms with Crippen LogP contribution in [0.3, 0.4) is 0 Å². The molecule has 0 fully saturated rings. The molecule has 1 aromatic rings. The van der Waals surface area contributed by atoms with Gasteiger partial charge in [-0.2, -0.15) is 8.42 Å². The van der Waals surface area contributed by atoms with E-state index in [4.69, 9.17) is 23.2 Å². The molecule has 0 aliphatic heterocycles. The van der Waals surface area contributed by atoms with Gasteiger partial charge in [-0.05, 0) is 0 Å². The molecule has 0 saturated carbocycles. The van der Waals surface area contributed by atoms with E-state index in [1.807, 2.05) is 0 Å². The Hall–Kier alpha value is -0.460. The number of hydrogen-bond acceptors (Lipinski definition) is 4. The third-order valence-corrected chi connectivity index (χ3v) is 2.36. The summed E-state index contributed by atoms with van der Waals surface area (Å²) in [5, 5.41) is 5.53. The lowest BCUT2D eigenvalue weighted by Crippen LogP contribution is -1.96. The zero-order chi connectivity index (χ0) is 9.35. The lowest BCUT2D eigenvalue weighted by atomic mass is 10.6. The van der Waals surface area contributed by atoms with Gasteiger partial charge in [0, 0.05) is 6.07 Å². The second kappa shape index (κ2) is 3.12. The third kappa shape index (κ3) is 2.02. The molecule has 0 spiro atoms. The predicted octanol–water partition coefficient (Wildman–Crippen LogP) is 1.44. The maximum Gasteiger partial charge on any atom is 0.335 e. The molecule has 0 saturated heterocycles. The first-order chi connectivity index (χ1) is 5.41. The average molecular weight is 231 g/mol. The second-order valence-electron chi connectivity index (χ2n) is 1.76. The smallest absolute Gasteiger partial charge is 0.189 e. The molecule has 0 N–H and O–H groups in total. The summed E-state index contributed by atoms with van der Waals surface area (Å²) < 4.78 is 33.0. The van der Waals surface area contributed by atoms with Gasteiger partial charge in [-0.3, -0.25) is 0 Å². The molecule has 66 valence electrons. The minimum absolute atomic E-state index is 0.240. The van der Waals surface area contributed by atoms with Crippen LogP contribution in [0.1, 0.15) is 0 Å². The first-order valence-corrected chi connectivity index (χ1v) is 4.68. The van der Waals surface area contributed by atoms with E-state index < -0.39 is 20.3 Å². The van der Waals surface area contributed by atoms with Crippen molar-refractivity contribution in [2.45, 2.75) is 4.90 Å². The van der Waals surface area contributed by atoms with Gasteiger partial charge in [-0.25, -0.2) is 0 Å². The summed E-state index contributed by atoms with van der Waals surface area (Å²) in [6.45, 7) is 0. The van der Waals surface area contributed by atoms with E-state index in [2.05, 4.69) is 10.2 Å². The van der Waals surface area contributed by atoms with Crippen molar-refractivity contribution in [2.75, 3.05) is 0 Å². The van der Waals surface area contributed by atoms with Gasteiger partial charge in [0.25, 0.3) is 0 Å². The average Bonchev–Trinajstić information content (AvgIpc) is 1.92. The maximum absolute atomic E-state index is 12.3. The normalized spacial score (nSPS) is 11.6. The van der Waals surface area contributed by atoms with E-state index in [9.17, 15) is 12.3 Å². The number of nitrogens with zero attached hydrogens (tertiary/aromatic N) is 2. The Kier molecular flexibility index (Phi) is 2.50. The summed E-state index contributed by atoms with van der Waals surface area (Å²) in [7, 11) is -4.87. The number of hydrogen-bond donors (Lipinski definition) is 0. The van der Waals surface area contributed by atoms with Crippen molar-refractivity contribution in [1.82, 2.24) is 10.2 Å². The summed E-state index contributed by atoms with van der Waals surface area (Å²) in [4.78, 5) is -0.774. The predicted molar refractivity (Wildman–Crippen MR) is 40.3 cm³/mol. The number of aromatic nitrogens is 2. The molecule has 0 amide bonds. The quantitative estimate of drug-likeness (QED) is 0.686. The molecule has 0 aliphatic rings. The highest BCUT2D eigenvalue weighted by atomic mass is 35.5. The number of halogens is 3. The topological polar surface area (TPSA) is 59.9 Å². The molecule has 0 atom stereocenters. The monoisotopic (exact) mass is 230 g/mol. The summed E-state index contributed by atoms with van der Waals surface area (Å²) in [5.74, 6) is 0. The zero-order valence-electron chi connectivity index (χ0n) is 5.33. The summed E-state index contributed by atoms with van der Waals surface area (Å²) in [6, 6.07) is 0.784. The standard InChI is InChI=1S/C4HCl2FN2O2S/c5-3-1-2(12(7,10)11)4(6)9-8-3/h1H.